The monoisotopic (exact) mass is 362 g/mol. The molecule has 0 N–H and O–H groups in total. The Kier molecular flexibility index (Phi) is 9.52. The van der Waals surface area contributed by atoms with E-state index in [9.17, 15) is 25.0 Å². The van der Waals surface area contributed by atoms with E-state index in [2.05, 4.69) is 0 Å². The second kappa shape index (κ2) is 9.99. The van der Waals surface area contributed by atoms with Crippen molar-refractivity contribution in [3.63, 3.8) is 0 Å². The van der Waals surface area contributed by atoms with E-state index < -0.39 is 27.2 Å². The van der Waals surface area contributed by atoms with Crippen LogP contribution in [0, 0.1) is 20.2 Å². The number of hydrogen-bond acceptors (Lipinski definition) is 6. The van der Waals surface area contributed by atoms with Crippen molar-refractivity contribution < 1.29 is 19.4 Å². The zero-order valence-electron chi connectivity index (χ0n) is 13.4. The Hall–Kier alpha value is -1.13. The SMILES string of the molecule is CCC(C)c1cc([N+](=O)[O-])cc([N+](=O)[O-])c1OC(=O)C=C(C)C.[KH]. The number of nitrogens with zero attached hydrogens (tertiary/aromatic N) is 2. The van der Waals surface area contributed by atoms with Crippen LogP contribution in [0.15, 0.2) is 23.8 Å². The molecule has 0 heterocycles. The molecule has 0 spiro atoms. The van der Waals surface area contributed by atoms with Crippen molar-refractivity contribution in [2.24, 2.45) is 0 Å². The molecule has 0 aromatic heterocycles. The van der Waals surface area contributed by atoms with Gasteiger partial charge in [0, 0.05) is 17.7 Å². The van der Waals surface area contributed by atoms with Crippen LogP contribution < -0.4 is 4.74 Å². The van der Waals surface area contributed by atoms with E-state index in [1.807, 2.05) is 6.92 Å². The van der Waals surface area contributed by atoms with Crippen LogP contribution in [-0.2, 0) is 4.79 Å². The Morgan fingerprint density at radius 3 is 2.25 bits per heavy atom. The fourth-order valence-electron chi connectivity index (χ4n) is 1.92. The van der Waals surface area contributed by atoms with Gasteiger partial charge in [-0.25, -0.2) is 4.79 Å². The average Bonchev–Trinajstić information content (AvgIpc) is 2.44. The first kappa shape index (κ1) is 22.9. The fraction of sp³-hybridized carbons (Fsp3) is 0.400. The summed E-state index contributed by atoms with van der Waals surface area (Å²) < 4.78 is 5.13. The maximum absolute atomic E-state index is 11.8. The molecule has 0 aliphatic heterocycles. The van der Waals surface area contributed by atoms with E-state index in [4.69, 9.17) is 4.74 Å². The Labute approximate surface area is 182 Å². The van der Waals surface area contributed by atoms with Gasteiger partial charge >= 0.3 is 63.0 Å². The van der Waals surface area contributed by atoms with Crippen LogP contribution in [-0.4, -0.2) is 67.2 Å². The van der Waals surface area contributed by atoms with Crippen molar-refractivity contribution >= 4 is 68.7 Å². The topological polar surface area (TPSA) is 113 Å². The second-order valence-corrected chi connectivity index (χ2v) is 5.35. The van der Waals surface area contributed by atoms with Crippen LogP contribution in [0.25, 0.3) is 0 Å². The summed E-state index contributed by atoms with van der Waals surface area (Å²) in [7, 11) is 0. The molecule has 0 amide bonds. The zero-order valence-corrected chi connectivity index (χ0v) is 13.4. The van der Waals surface area contributed by atoms with E-state index in [-0.39, 0.29) is 68.6 Å². The third kappa shape index (κ3) is 6.06. The molecule has 0 aliphatic rings. The number of carbonyl (C=O) groups excluding carboxylic acids is 1. The summed E-state index contributed by atoms with van der Waals surface area (Å²) in [6.07, 6.45) is 1.77. The van der Waals surface area contributed by atoms with Crippen LogP contribution in [0.4, 0.5) is 11.4 Å². The first-order chi connectivity index (χ1) is 10.7. The number of non-ortho nitro benzene ring substituents is 1. The molecule has 1 atom stereocenters. The van der Waals surface area contributed by atoms with Gasteiger partial charge in [-0.3, -0.25) is 20.2 Å². The molecule has 1 rings (SSSR count). The number of benzene rings is 1. The van der Waals surface area contributed by atoms with Gasteiger partial charge < -0.3 is 4.74 Å². The Bertz CT molecular complexity index is 683. The third-order valence-electron chi connectivity index (χ3n) is 3.24. The Balaban J connectivity index is 0.00000529. The molecule has 0 aliphatic carbocycles. The molecule has 1 unspecified atom stereocenters. The van der Waals surface area contributed by atoms with Gasteiger partial charge in [0.1, 0.15) is 0 Å². The van der Waals surface area contributed by atoms with Crippen molar-refractivity contribution in [3.05, 3.63) is 49.6 Å². The van der Waals surface area contributed by atoms with E-state index >= 15 is 0 Å². The number of esters is 1. The maximum atomic E-state index is 11.8. The minimum absolute atomic E-state index is 0. The Morgan fingerprint density at radius 1 is 1.25 bits per heavy atom. The normalized spacial score (nSPS) is 11.0. The van der Waals surface area contributed by atoms with Crippen molar-refractivity contribution in [2.45, 2.75) is 40.0 Å². The molecule has 0 bridgehead atoms. The number of nitro benzene ring substituents is 2. The van der Waals surface area contributed by atoms with Crippen molar-refractivity contribution in [1.82, 2.24) is 0 Å². The summed E-state index contributed by atoms with van der Waals surface area (Å²) in [5, 5.41) is 22.2. The van der Waals surface area contributed by atoms with Gasteiger partial charge in [0.05, 0.1) is 15.9 Å². The quantitative estimate of drug-likeness (QED) is 0.192. The Morgan fingerprint density at radius 2 is 1.83 bits per heavy atom. The van der Waals surface area contributed by atoms with Crippen LogP contribution in [0.3, 0.4) is 0 Å². The van der Waals surface area contributed by atoms with Gasteiger partial charge in [0.2, 0.25) is 5.75 Å². The number of rotatable bonds is 6. The van der Waals surface area contributed by atoms with E-state index in [1.165, 1.54) is 12.1 Å². The zero-order chi connectivity index (χ0) is 17.7. The van der Waals surface area contributed by atoms with E-state index in [1.54, 1.807) is 20.8 Å². The van der Waals surface area contributed by atoms with Crippen molar-refractivity contribution in [2.75, 3.05) is 0 Å². The van der Waals surface area contributed by atoms with Gasteiger partial charge in [-0.1, -0.05) is 19.4 Å². The van der Waals surface area contributed by atoms with Gasteiger partial charge in [-0.05, 0) is 26.2 Å². The van der Waals surface area contributed by atoms with Gasteiger partial charge in [0.25, 0.3) is 5.69 Å². The molecule has 9 heteroatoms. The molecule has 0 fully saturated rings. The fourth-order valence-corrected chi connectivity index (χ4v) is 1.92. The van der Waals surface area contributed by atoms with Crippen LogP contribution in [0.2, 0.25) is 0 Å². The molecule has 24 heavy (non-hydrogen) atoms. The van der Waals surface area contributed by atoms with Crippen molar-refractivity contribution in [1.29, 1.82) is 0 Å². The number of hydrogen-bond donors (Lipinski definition) is 0. The number of allylic oxidation sites excluding steroid dienone is 1. The van der Waals surface area contributed by atoms with Crippen LogP contribution in [0.1, 0.15) is 45.6 Å². The summed E-state index contributed by atoms with van der Waals surface area (Å²) in [6.45, 7) is 6.94. The molecule has 1 aromatic carbocycles. The van der Waals surface area contributed by atoms with E-state index in [0.29, 0.717) is 12.0 Å². The minimum atomic E-state index is -0.788. The number of ether oxygens (including phenoxy) is 1. The predicted octanol–water partition coefficient (Wildman–Crippen LogP) is 3.24. The molecule has 0 saturated carbocycles. The second-order valence-electron chi connectivity index (χ2n) is 5.35. The van der Waals surface area contributed by atoms with Gasteiger partial charge in [-0.2, -0.15) is 0 Å². The predicted molar refractivity (Wildman–Crippen MR) is 90.7 cm³/mol. The summed E-state index contributed by atoms with van der Waals surface area (Å²) >= 11 is 0. The molecule has 0 saturated heterocycles. The number of carbonyl (C=O) groups is 1. The molecular weight excluding hydrogens is 343 g/mol. The van der Waals surface area contributed by atoms with Gasteiger partial charge in [0.15, 0.2) is 0 Å². The van der Waals surface area contributed by atoms with Crippen LogP contribution in [0.5, 0.6) is 5.75 Å². The molecule has 1 aromatic rings. The summed E-state index contributed by atoms with van der Waals surface area (Å²) in [4.78, 5) is 32.6. The van der Waals surface area contributed by atoms with Crippen molar-refractivity contribution in [3.8, 4) is 5.75 Å². The first-order valence-corrected chi connectivity index (χ1v) is 7.00. The molecule has 126 valence electrons. The van der Waals surface area contributed by atoms with Crippen LogP contribution >= 0.6 is 0 Å². The molecular formula is C15H19KN2O6. The average molecular weight is 362 g/mol. The summed E-state index contributed by atoms with van der Waals surface area (Å²) in [5.41, 5.74) is -0.0624. The summed E-state index contributed by atoms with van der Waals surface area (Å²) in [5.74, 6) is -1.24. The number of nitro groups is 2. The third-order valence-corrected chi connectivity index (χ3v) is 3.24. The molecule has 0 radical (unpaired) electrons. The van der Waals surface area contributed by atoms with E-state index in [0.717, 1.165) is 6.07 Å². The first-order valence-electron chi connectivity index (χ1n) is 7.00. The van der Waals surface area contributed by atoms with Gasteiger partial charge in [-0.15, -0.1) is 0 Å². The standard InChI is InChI=1S/C15H18N2O6.K.H/c1-5-10(4)12-7-11(16(19)20)8-13(17(21)22)15(12)23-14(18)6-9(2)3;;/h6-8,10H,5H2,1-4H3;;. The molecule has 8 nitrogen and oxygen atoms in total. The summed E-state index contributed by atoms with van der Waals surface area (Å²) in [6, 6.07) is 2.02.